The van der Waals surface area contributed by atoms with Gasteiger partial charge >= 0.3 is 0 Å². The number of methoxy groups -OCH3 is 1. The van der Waals surface area contributed by atoms with Crippen molar-refractivity contribution in [1.29, 1.82) is 5.26 Å². The van der Waals surface area contributed by atoms with Crippen LogP contribution in [0.15, 0.2) is 42.5 Å². The number of nitrogens with one attached hydrogen (secondary N) is 1. The summed E-state index contributed by atoms with van der Waals surface area (Å²) < 4.78 is 5.26. The fraction of sp³-hybridized carbons (Fsp3) is 0.484. The molecule has 204 valence electrons. The van der Waals surface area contributed by atoms with E-state index in [9.17, 15) is 19.6 Å². The SMILES string of the molecule is COc1ccc(C2(C#N)CCN(CCCCCc3cccc4c3CN(C3CCC(=O)NC3=O)C4=O)CC2)cc1. The quantitative estimate of drug-likeness (QED) is 0.393. The van der Waals surface area contributed by atoms with Crippen molar-refractivity contribution in [3.05, 3.63) is 64.7 Å². The van der Waals surface area contributed by atoms with Gasteiger partial charge in [0.1, 0.15) is 11.8 Å². The number of nitriles is 1. The summed E-state index contributed by atoms with van der Waals surface area (Å²) in [4.78, 5) is 41.0. The largest absolute Gasteiger partial charge is 0.497 e. The number of aryl methyl sites for hydroxylation is 1. The van der Waals surface area contributed by atoms with E-state index in [1.165, 1.54) is 5.56 Å². The lowest BCUT2D eigenvalue weighted by Gasteiger charge is -2.37. The zero-order valence-corrected chi connectivity index (χ0v) is 22.6. The Labute approximate surface area is 229 Å². The standard InChI is InChI=1S/C31H36N4O4/c1-39-24-11-9-23(10-12-24)31(21-32)15-18-34(19-16-31)17-4-2-3-6-22-7-5-8-25-26(22)20-35(30(25)38)27-13-14-28(36)33-29(27)37/h5,7-12,27H,2-4,6,13-20H2,1H3,(H,33,36,37). The van der Waals surface area contributed by atoms with Crippen molar-refractivity contribution in [1.82, 2.24) is 15.1 Å². The molecule has 2 aromatic carbocycles. The highest BCUT2D eigenvalue weighted by atomic mass is 16.5. The van der Waals surface area contributed by atoms with Gasteiger partial charge in [-0.15, -0.1) is 0 Å². The molecule has 0 spiro atoms. The van der Waals surface area contributed by atoms with Crippen LogP contribution in [-0.2, 0) is 28.0 Å². The minimum absolute atomic E-state index is 0.116. The first-order chi connectivity index (χ1) is 18.9. The lowest BCUT2D eigenvalue weighted by molar-refractivity contribution is -0.136. The third-order valence-corrected chi connectivity index (χ3v) is 8.67. The number of carbonyl (C=O) groups excluding carboxylic acids is 3. The molecule has 0 bridgehead atoms. The van der Waals surface area contributed by atoms with E-state index in [4.69, 9.17) is 4.74 Å². The number of carbonyl (C=O) groups is 3. The van der Waals surface area contributed by atoms with E-state index in [0.29, 0.717) is 18.5 Å². The predicted octanol–water partition coefficient (Wildman–Crippen LogP) is 3.73. The fourth-order valence-corrected chi connectivity index (χ4v) is 6.25. The number of ether oxygens (including phenoxy) is 1. The lowest BCUT2D eigenvalue weighted by Crippen LogP contribution is -2.52. The molecule has 0 saturated carbocycles. The van der Waals surface area contributed by atoms with E-state index >= 15 is 0 Å². The van der Waals surface area contributed by atoms with Gasteiger partial charge in [0, 0.05) is 18.5 Å². The van der Waals surface area contributed by atoms with Crippen LogP contribution < -0.4 is 10.1 Å². The van der Waals surface area contributed by atoms with Gasteiger partial charge in [-0.2, -0.15) is 5.26 Å². The Morgan fingerprint density at radius 2 is 1.82 bits per heavy atom. The Kier molecular flexibility index (Phi) is 7.99. The van der Waals surface area contributed by atoms with Crippen molar-refractivity contribution in [2.75, 3.05) is 26.7 Å². The first kappa shape index (κ1) is 26.9. The van der Waals surface area contributed by atoms with Gasteiger partial charge in [0.25, 0.3) is 5.91 Å². The fourth-order valence-electron chi connectivity index (χ4n) is 6.25. The molecular formula is C31H36N4O4. The van der Waals surface area contributed by atoms with Gasteiger partial charge in [-0.25, -0.2) is 0 Å². The maximum atomic E-state index is 13.0. The van der Waals surface area contributed by atoms with Gasteiger partial charge in [0.2, 0.25) is 11.8 Å². The van der Waals surface area contributed by atoms with E-state index in [-0.39, 0.29) is 24.1 Å². The summed E-state index contributed by atoms with van der Waals surface area (Å²) in [5.74, 6) is 0.0486. The summed E-state index contributed by atoms with van der Waals surface area (Å²) in [5, 5.41) is 12.4. The number of rotatable bonds is 9. The minimum Gasteiger partial charge on any atom is -0.497 e. The van der Waals surface area contributed by atoms with E-state index < -0.39 is 11.5 Å². The number of hydrogen-bond acceptors (Lipinski definition) is 6. The van der Waals surface area contributed by atoms with Crippen molar-refractivity contribution in [3.63, 3.8) is 0 Å². The molecule has 0 aliphatic carbocycles. The summed E-state index contributed by atoms with van der Waals surface area (Å²) in [6.45, 7) is 3.30. The van der Waals surface area contributed by atoms with Gasteiger partial charge in [0.05, 0.1) is 18.6 Å². The normalized spacial score (nSPS) is 20.9. The summed E-state index contributed by atoms with van der Waals surface area (Å²) in [7, 11) is 1.65. The van der Waals surface area contributed by atoms with Gasteiger partial charge in [-0.05, 0) is 93.0 Å². The summed E-state index contributed by atoms with van der Waals surface area (Å²) in [6.07, 6.45) is 6.43. The van der Waals surface area contributed by atoms with E-state index in [1.54, 1.807) is 12.0 Å². The van der Waals surface area contributed by atoms with Crippen LogP contribution in [0.5, 0.6) is 5.75 Å². The first-order valence-electron chi connectivity index (χ1n) is 14.0. The second-order valence-electron chi connectivity index (χ2n) is 10.9. The van der Waals surface area contributed by atoms with Crippen LogP contribution in [0.4, 0.5) is 0 Å². The number of likely N-dealkylation sites (tertiary alicyclic amines) is 1. The zero-order chi connectivity index (χ0) is 27.4. The van der Waals surface area contributed by atoms with Gasteiger partial charge < -0.3 is 14.5 Å². The highest BCUT2D eigenvalue weighted by Crippen LogP contribution is 2.36. The molecule has 2 fully saturated rings. The van der Waals surface area contributed by atoms with Gasteiger partial charge in [-0.3, -0.25) is 19.7 Å². The molecule has 1 N–H and O–H groups in total. The molecule has 1 atom stereocenters. The van der Waals surface area contributed by atoms with Crippen molar-refractivity contribution in [2.24, 2.45) is 0 Å². The maximum Gasteiger partial charge on any atom is 0.255 e. The molecule has 3 aliphatic heterocycles. The van der Waals surface area contributed by atoms with Crippen LogP contribution in [-0.4, -0.2) is 60.3 Å². The molecule has 8 heteroatoms. The lowest BCUT2D eigenvalue weighted by atomic mass is 9.74. The Balaban J connectivity index is 1.08. The van der Waals surface area contributed by atoms with E-state index in [0.717, 1.165) is 75.0 Å². The number of benzene rings is 2. The molecule has 3 heterocycles. The second kappa shape index (κ2) is 11.6. The molecule has 0 aromatic heterocycles. The molecule has 5 rings (SSSR count). The third kappa shape index (κ3) is 5.55. The molecular weight excluding hydrogens is 492 g/mol. The summed E-state index contributed by atoms with van der Waals surface area (Å²) in [5.41, 5.74) is 3.54. The van der Waals surface area contributed by atoms with Crippen LogP contribution >= 0.6 is 0 Å². The van der Waals surface area contributed by atoms with Crippen LogP contribution in [0, 0.1) is 11.3 Å². The molecule has 3 amide bonds. The van der Waals surface area contributed by atoms with Crippen molar-refractivity contribution in [2.45, 2.75) is 69.4 Å². The smallest absolute Gasteiger partial charge is 0.255 e. The Morgan fingerprint density at radius 3 is 2.51 bits per heavy atom. The molecule has 0 radical (unpaired) electrons. The highest BCUT2D eigenvalue weighted by Gasteiger charge is 2.40. The van der Waals surface area contributed by atoms with Gasteiger partial charge in [-0.1, -0.05) is 30.7 Å². The number of amides is 3. The molecule has 39 heavy (non-hydrogen) atoms. The molecule has 8 nitrogen and oxygen atoms in total. The second-order valence-corrected chi connectivity index (χ2v) is 10.9. The zero-order valence-electron chi connectivity index (χ0n) is 22.6. The van der Waals surface area contributed by atoms with Crippen molar-refractivity contribution < 1.29 is 19.1 Å². The third-order valence-electron chi connectivity index (χ3n) is 8.67. The number of piperidine rings is 2. The average molecular weight is 529 g/mol. The number of unbranched alkanes of at least 4 members (excludes halogenated alkanes) is 2. The number of imide groups is 1. The number of fused-ring (bicyclic) bond motifs is 1. The average Bonchev–Trinajstić information content (AvgIpc) is 3.30. The molecule has 3 aliphatic rings. The number of hydrogen-bond donors (Lipinski definition) is 1. The minimum atomic E-state index is -0.579. The molecule has 2 aromatic rings. The topological polar surface area (TPSA) is 103 Å². The van der Waals surface area contributed by atoms with E-state index in [1.807, 2.05) is 36.4 Å². The Hall–Kier alpha value is -3.70. The van der Waals surface area contributed by atoms with Crippen LogP contribution in [0.1, 0.15) is 72.0 Å². The molecule has 1 unspecified atom stereocenters. The first-order valence-corrected chi connectivity index (χ1v) is 14.0. The number of nitrogens with zero attached hydrogens (tertiary/aromatic N) is 3. The van der Waals surface area contributed by atoms with Crippen LogP contribution in [0.2, 0.25) is 0 Å². The van der Waals surface area contributed by atoms with Crippen LogP contribution in [0.25, 0.3) is 0 Å². The van der Waals surface area contributed by atoms with Crippen molar-refractivity contribution >= 4 is 17.7 Å². The Morgan fingerprint density at radius 1 is 1.05 bits per heavy atom. The van der Waals surface area contributed by atoms with Gasteiger partial charge in [0.15, 0.2) is 0 Å². The Bertz CT molecular complexity index is 1270. The molecule has 2 saturated heterocycles. The summed E-state index contributed by atoms with van der Waals surface area (Å²) in [6, 6.07) is 15.8. The highest BCUT2D eigenvalue weighted by molar-refractivity contribution is 6.05. The maximum absolute atomic E-state index is 13.0. The van der Waals surface area contributed by atoms with Crippen molar-refractivity contribution in [3.8, 4) is 11.8 Å². The monoisotopic (exact) mass is 528 g/mol. The van der Waals surface area contributed by atoms with E-state index in [2.05, 4.69) is 22.4 Å². The summed E-state index contributed by atoms with van der Waals surface area (Å²) >= 11 is 0. The predicted molar refractivity (Wildman–Crippen MR) is 146 cm³/mol. The van der Waals surface area contributed by atoms with Crippen LogP contribution in [0.3, 0.4) is 0 Å².